The Bertz CT molecular complexity index is 628. The van der Waals surface area contributed by atoms with E-state index in [4.69, 9.17) is 9.26 Å². The number of nitrogens with zero attached hydrogens (tertiary/aromatic N) is 4. The first-order valence-electron chi connectivity index (χ1n) is 7.09. The second kappa shape index (κ2) is 5.67. The first kappa shape index (κ1) is 13.8. The van der Waals surface area contributed by atoms with Crippen LogP contribution < -0.4 is 0 Å². The smallest absolute Gasteiger partial charge is 0.318 e. The lowest BCUT2D eigenvalue weighted by Crippen LogP contribution is -2.21. The summed E-state index contributed by atoms with van der Waals surface area (Å²) in [5.41, 5.74) is 0.766. The fourth-order valence-corrected chi connectivity index (χ4v) is 2.93. The first-order chi connectivity index (χ1) is 10.2. The van der Waals surface area contributed by atoms with E-state index in [-0.39, 0.29) is 11.9 Å². The molecule has 2 aromatic rings. The monoisotopic (exact) mass is 290 g/mol. The van der Waals surface area contributed by atoms with E-state index >= 15 is 0 Å². The molecule has 112 valence electrons. The van der Waals surface area contributed by atoms with E-state index in [2.05, 4.69) is 15.2 Å². The van der Waals surface area contributed by atoms with Crippen molar-refractivity contribution in [3.8, 4) is 11.4 Å². The summed E-state index contributed by atoms with van der Waals surface area (Å²) in [6, 6.07) is 0. The number of rotatable bonds is 4. The predicted octanol–water partition coefficient (Wildman–Crippen LogP) is 1.92. The molecule has 0 bridgehead atoms. The summed E-state index contributed by atoms with van der Waals surface area (Å²) in [6.45, 7) is 0. The van der Waals surface area contributed by atoms with Crippen molar-refractivity contribution in [3.05, 3.63) is 18.3 Å². The molecule has 2 heterocycles. The zero-order valence-electron chi connectivity index (χ0n) is 12.2. The molecule has 1 saturated carbocycles. The molecule has 0 N–H and O–H groups in total. The van der Waals surface area contributed by atoms with Crippen LogP contribution in [0.5, 0.6) is 0 Å². The quantitative estimate of drug-likeness (QED) is 0.800. The van der Waals surface area contributed by atoms with Crippen LogP contribution in [0.3, 0.4) is 0 Å². The Kier molecular flexibility index (Phi) is 3.72. The Hall–Kier alpha value is -2.18. The second-order valence-electron chi connectivity index (χ2n) is 5.40. The van der Waals surface area contributed by atoms with Gasteiger partial charge >= 0.3 is 5.97 Å². The van der Waals surface area contributed by atoms with Gasteiger partial charge in [0.1, 0.15) is 5.92 Å². The summed E-state index contributed by atoms with van der Waals surface area (Å²) in [7, 11) is 3.21. The molecule has 0 radical (unpaired) electrons. The maximum Gasteiger partial charge on any atom is 0.318 e. The number of ether oxygens (including phenoxy) is 1. The van der Waals surface area contributed by atoms with Gasteiger partial charge in [0.05, 0.1) is 18.9 Å². The van der Waals surface area contributed by atoms with Crippen LogP contribution in [0.4, 0.5) is 0 Å². The maximum absolute atomic E-state index is 12.1. The van der Waals surface area contributed by atoms with Crippen LogP contribution in [-0.2, 0) is 16.6 Å². The SMILES string of the molecule is COC(=O)C(c1nc(-c2cnn(C)c2)no1)C1CCCC1. The number of carbonyl (C=O) groups excluding carboxylic acids is 1. The number of aromatic nitrogens is 4. The van der Waals surface area contributed by atoms with Crippen LogP contribution >= 0.6 is 0 Å². The highest BCUT2D eigenvalue weighted by Crippen LogP contribution is 2.37. The fraction of sp³-hybridized carbons (Fsp3) is 0.571. The fourth-order valence-electron chi connectivity index (χ4n) is 2.93. The van der Waals surface area contributed by atoms with Crippen LogP contribution in [0.25, 0.3) is 11.4 Å². The molecule has 7 nitrogen and oxygen atoms in total. The van der Waals surface area contributed by atoms with Crippen molar-refractivity contribution >= 4 is 5.97 Å². The van der Waals surface area contributed by atoms with Crippen LogP contribution in [0.1, 0.15) is 37.5 Å². The zero-order chi connectivity index (χ0) is 14.8. The van der Waals surface area contributed by atoms with Gasteiger partial charge in [-0.15, -0.1) is 0 Å². The van der Waals surface area contributed by atoms with E-state index in [0.29, 0.717) is 11.7 Å². The standard InChI is InChI=1S/C14H18N4O3/c1-18-8-10(7-15-18)12-16-13(21-17-12)11(14(19)20-2)9-5-3-4-6-9/h7-9,11H,3-6H2,1-2H3. The summed E-state index contributed by atoms with van der Waals surface area (Å²) in [6.07, 6.45) is 7.70. The molecule has 1 aliphatic carbocycles. The van der Waals surface area contributed by atoms with Crippen molar-refractivity contribution in [1.29, 1.82) is 0 Å². The van der Waals surface area contributed by atoms with Gasteiger partial charge in [-0.3, -0.25) is 9.48 Å². The van der Waals surface area contributed by atoms with Crippen LogP contribution in [0.15, 0.2) is 16.9 Å². The molecule has 1 atom stereocenters. The van der Waals surface area contributed by atoms with E-state index in [1.165, 1.54) is 7.11 Å². The molecule has 1 fully saturated rings. The summed E-state index contributed by atoms with van der Waals surface area (Å²) in [5.74, 6) is 0.246. The minimum Gasteiger partial charge on any atom is -0.468 e. The minimum absolute atomic E-state index is 0.222. The van der Waals surface area contributed by atoms with Gasteiger partial charge in [-0.2, -0.15) is 10.1 Å². The lowest BCUT2D eigenvalue weighted by atomic mass is 9.91. The van der Waals surface area contributed by atoms with Gasteiger partial charge in [-0.1, -0.05) is 18.0 Å². The molecule has 21 heavy (non-hydrogen) atoms. The Labute approximate surface area is 122 Å². The first-order valence-corrected chi connectivity index (χ1v) is 7.09. The highest BCUT2D eigenvalue weighted by atomic mass is 16.5. The molecule has 0 aromatic carbocycles. The van der Waals surface area contributed by atoms with Gasteiger partial charge < -0.3 is 9.26 Å². The molecule has 0 amide bonds. The number of carbonyl (C=O) groups is 1. The molecule has 0 saturated heterocycles. The summed E-state index contributed by atoms with van der Waals surface area (Å²) < 4.78 is 11.9. The minimum atomic E-state index is -0.463. The molecular formula is C14H18N4O3. The summed E-state index contributed by atoms with van der Waals surface area (Å²) in [5, 5.41) is 8.04. The third kappa shape index (κ3) is 2.68. The Balaban J connectivity index is 1.89. The van der Waals surface area contributed by atoms with Crippen LogP contribution in [-0.4, -0.2) is 33.0 Å². The highest BCUT2D eigenvalue weighted by molar-refractivity contribution is 5.77. The van der Waals surface area contributed by atoms with E-state index in [1.54, 1.807) is 17.1 Å². The van der Waals surface area contributed by atoms with Gasteiger partial charge in [-0.25, -0.2) is 0 Å². The number of hydrogen-bond acceptors (Lipinski definition) is 6. The number of aryl methyl sites for hydroxylation is 1. The molecule has 2 aromatic heterocycles. The van der Waals surface area contributed by atoms with Gasteiger partial charge in [0.2, 0.25) is 11.7 Å². The van der Waals surface area contributed by atoms with Gasteiger partial charge in [-0.05, 0) is 18.8 Å². The Morgan fingerprint density at radius 2 is 2.24 bits per heavy atom. The molecule has 1 unspecified atom stereocenters. The third-order valence-electron chi connectivity index (χ3n) is 4.00. The normalized spacial score (nSPS) is 17.0. The maximum atomic E-state index is 12.1. The molecule has 7 heteroatoms. The predicted molar refractivity (Wildman–Crippen MR) is 73.2 cm³/mol. The van der Waals surface area contributed by atoms with E-state index in [9.17, 15) is 4.79 Å². The largest absolute Gasteiger partial charge is 0.468 e. The van der Waals surface area contributed by atoms with E-state index < -0.39 is 5.92 Å². The number of esters is 1. The third-order valence-corrected chi connectivity index (χ3v) is 4.00. The summed E-state index contributed by atoms with van der Waals surface area (Å²) >= 11 is 0. The van der Waals surface area contributed by atoms with Crippen LogP contribution in [0, 0.1) is 5.92 Å². The zero-order valence-corrected chi connectivity index (χ0v) is 12.2. The average Bonchev–Trinajstić information content (AvgIpc) is 3.20. The van der Waals surface area contributed by atoms with Gasteiger partial charge in [0, 0.05) is 13.2 Å². The van der Waals surface area contributed by atoms with E-state index in [0.717, 1.165) is 31.2 Å². The van der Waals surface area contributed by atoms with Crippen molar-refractivity contribution in [2.75, 3.05) is 7.11 Å². The topological polar surface area (TPSA) is 83.0 Å². The van der Waals surface area contributed by atoms with Gasteiger partial charge in [0.25, 0.3) is 0 Å². The lowest BCUT2D eigenvalue weighted by molar-refractivity contribution is -0.144. The molecule has 1 aliphatic rings. The van der Waals surface area contributed by atoms with Crippen LogP contribution in [0.2, 0.25) is 0 Å². The van der Waals surface area contributed by atoms with Crippen molar-refractivity contribution in [2.45, 2.75) is 31.6 Å². The lowest BCUT2D eigenvalue weighted by Gasteiger charge is -2.16. The van der Waals surface area contributed by atoms with Crippen molar-refractivity contribution in [3.63, 3.8) is 0 Å². The van der Waals surface area contributed by atoms with E-state index in [1.807, 2.05) is 7.05 Å². The molecule has 0 spiro atoms. The van der Waals surface area contributed by atoms with Crippen molar-refractivity contribution < 1.29 is 14.1 Å². The van der Waals surface area contributed by atoms with Gasteiger partial charge in [0.15, 0.2) is 0 Å². The number of methoxy groups -OCH3 is 1. The molecular weight excluding hydrogens is 272 g/mol. The van der Waals surface area contributed by atoms with Crippen molar-refractivity contribution in [1.82, 2.24) is 19.9 Å². The number of hydrogen-bond donors (Lipinski definition) is 0. The Morgan fingerprint density at radius 1 is 1.48 bits per heavy atom. The van der Waals surface area contributed by atoms with Crippen molar-refractivity contribution in [2.24, 2.45) is 13.0 Å². The average molecular weight is 290 g/mol. The summed E-state index contributed by atoms with van der Waals surface area (Å²) in [4.78, 5) is 16.5. The molecule has 3 rings (SSSR count). The molecule has 0 aliphatic heterocycles. The highest BCUT2D eigenvalue weighted by Gasteiger charge is 2.37. The Morgan fingerprint density at radius 3 is 2.86 bits per heavy atom. The second-order valence-corrected chi connectivity index (χ2v) is 5.40.